The second-order valence-corrected chi connectivity index (χ2v) is 15.7. The molecule has 0 radical (unpaired) electrons. The Morgan fingerprint density at radius 3 is 2.31 bits per heavy atom. The van der Waals surface area contributed by atoms with Crippen molar-refractivity contribution in [2.45, 2.75) is 22.5 Å². The molecule has 0 spiro atoms. The van der Waals surface area contributed by atoms with E-state index in [0.717, 1.165) is 66.6 Å². The second kappa shape index (κ2) is 15.8. The topological polar surface area (TPSA) is 102 Å². The number of nitrogens with one attached hydrogen (secondary N) is 2. The minimum Gasteiger partial charge on any atom is -0.508 e. The number of alkyl halides is 3. The van der Waals surface area contributed by atoms with E-state index in [-0.39, 0.29) is 23.5 Å². The maximum Gasteiger partial charge on any atom is 0.418 e. The van der Waals surface area contributed by atoms with Crippen molar-refractivity contribution in [3.8, 4) is 16.9 Å². The number of hydrogen-bond acceptors (Lipinski definition) is 9. The minimum atomic E-state index is -4.83. The van der Waals surface area contributed by atoms with Crippen LogP contribution in [0.25, 0.3) is 11.1 Å². The van der Waals surface area contributed by atoms with Crippen molar-refractivity contribution in [2.75, 3.05) is 48.7 Å². The Labute approximate surface area is 303 Å². The molecule has 4 aromatic carbocycles. The molecule has 1 amide bonds. The van der Waals surface area contributed by atoms with Crippen LogP contribution in [0.15, 0.2) is 118 Å². The number of sulfonamides is 1. The van der Waals surface area contributed by atoms with Gasteiger partial charge >= 0.3 is 6.18 Å². The van der Waals surface area contributed by atoms with Crippen molar-refractivity contribution >= 4 is 50.4 Å². The Kier molecular flexibility index (Phi) is 11.2. The number of anilines is 2. The highest BCUT2D eigenvalue weighted by atomic mass is 32.2. The largest absolute Gasteiger partial charge is 0.508 e. The second-order valence-electron chi connectivity index (χ2n) is 11.9. The van der Waals surface area contributed by atoms with Crippen LogP contribution >= 0.6 is 23.1 Å². The van der Waals surface area contributed by atoms with E-state index in [9.17, 15) is 31.5 Å². The van der Waals surface area contributed by atoms with Gasteiger partial charge in [0.25, 0.3) is 15.9 Å². The lowest BCUT2D eigenvalue weighted by atomic mass is 10.1. The van der Waals surface area contributed by atoms with Gasteiger partial charge in [0, 0.05) is 71.7 Å². The summed E-state index contributed by atoms with van der Waals surface area (Å²) in [4.78, 5) is 19.0. The Morgan fingerprint density at radius 2 is 1.61 bits per heavy atom. The van der Waals surface area contributed by atoms with Crippen molar-refractivity contribution in [3.05, 3.63) is 125 Å². The van der Waals surface area contributed by atoms with Crippen LogP contribution in [0.2, 0.25) is 0 Å². The molecule has 8 nitrogen and oxygen atoms in total. The van der Waals surface area contributed by atoms with Crippen LogP contribution in [0.4, 0.5) is 24.5 Å². The third-order valence-electron chi connectivity index (χ3n) is 8.34. The fourth-order valence-corrected chi connectivity index (χ4v) is 8.42. The molecule has 1 aromatic heterocycles. The molecule has 0 atom stereocenters. The Hall–Kier alpha value is -4.50. The first kappa shape index (κ1) is 36.3. The van der Waals surface area contributed by atoms with Crippen LogP contribution in [0.3, 0.4) is 0 Å². The zero-order valence-electron chi connectivity index (χ0n) is 27.3. The number of nitrogens with zero attached hydrogens (tertiary/aromatic N) is 2. The van der Waals surface area contributed by atoms with E-state index in [1.54, 1.807) is 35.6 Å². The Morgan fingerprint density at radius 1 is 0.863 bits per heavy atom. The van der Waals surface area contributed by atoms with Crippen LogP contribution < -0.4 is 14.9 Å². The number of carbonyl (C=O) groups excluding carboxylic acids is 1. The van der Waals surface area contributed by atoms with E-state index >= 15 is 0 Å². The lowest BCUT2D eigenvalue weighted by molar-refractivity contribution is -0.137. The van der Waals surface area contributed by atoms with Gasteiger partial charge in [-0.2, -0.15) is 13.2 Å². The van der Waals surface area contributed by atoms with Gasteiger partial charge in [0.2, 0.25) is 0 Å². The number of rotatable bonds is 12. The molecule has 0 unspecified atom stereocenters. The van der Waals surface area contributed by atoms with Crippen LogP contribution in [0.1, 0.15) is 20.8 Å². The number of carbonyl (C=O) groups is 1. The predicted molar refractivity (Wildman–Crippen MR) is 197 cm³/mol. The number of halogens is 3. The van der Waals surface area contributed by atoms with Crippen LogP contribution in [0.5, 0.6) is 5.75 Å². The molecule has 1 aliphatic rings. The zero-order chi connectivity index (χ0) is 36.0. The normalized spacial score (nSPS) is 14.0. The van der Waals surface area contributed by atoms with E-state index in [1.165, 1.54) is 28.8 Å². The van der Waals surface area contributed by atoms with Crippen LogP contribution in [-0.2, 0) is 22.7 Å². The van der Waals surface area contributed by atoms with Gasteiger partial charge in [0.05, 0.1) is 10.5 Å². The molecule has 6 rings (SSSR count). The highest BCUT2D eigenvalue weighted by Crippen LogP contribution is 2.36. The summed E-state index contributed by atoms with van der Waals surface area (Å²) in [6.45, 7) is 4.17. The summed E-state index contributed by atoms with van der Waals surface area (Å²) in [7, 11) is -4.60. The highest BCUT2D eigenvalue weighted by molar-refractivity contribution is 7.99. The first-order valence-electron chi connectivity index (χ1n) is 16.1. The summed E-state index contributed by atoms with van der Waals surface area (Å²) < 4.78 is 69.9. The molecule has 0 bridgehead atoms. The summed E-state index contributed by atoms with van der Waals surface area (Å²) in [6, 6.07) is 27.9. The molecule has 0 saturated carbocycles. The van der Waals surface area contributed by atoms with Gasteiger partial charge < -0.3 is 15.3 Å². The smallest absolute Gasteiger partial charge is 0.418 e. The monoisotopic (exact) mass is 752 g/mol. The molecule has 266 valence electrons. The van der Waals surface area contributed by atoms with Crippen molar-refractivity contribution in [2.24, 2.45) is 0 Å². The van der Waals surface area contributed by atoms with E-state index in [1.807, 2.05) is 47.2 Å². The molecule has 51 heavy (non-hydrogen) atoms. The fraction of sp³-hybridized carbons (Fsp3) is 0.216. The maximum atomic E-state index is 14.0. The molecule has 1 saturated heterocycles. The number of aromatic hydroxyl groups is 1. The average Bonchev–Trinajstić information content (AvgIpc) is 3.59. The summed E-state index contributed by atoms with van der Waals surface area (Å²) >= 11 is 3.16. The van der Waals surface area contributed by atoms with Gasteiger partial charge in [-0.15, -0.1) is 23.1 Å². The first-order chi connectivity index (χ1) is 24.4. The molecule has 14 heteroatoms. The van der Waals surface area contributed by atoms with E-state index in [2.05, 4.69) is 26.6 Å². The van der Waals surface area contributed by atoms with Gasteiger partial charge in [-0.05, 0) is 89.3 Å². The number of thioether (sulfide) groups is 1. The SMILES string of the molecule is O=C(NS(=O)(=O)c1ccc(NCCSc2ccccc2)c(C(F)(F)F)c1)c1ccc(N2CCN(Cc3cc(-c4cccc(O)c4)cs3)CC2)cc1. The van der Waals surface area contributed by atoms with Crippen LogP contribution in [-0.4, -0.2) is 62.8 Å². The standard InChI is InChI=1S/C37H35F3N4O4S3/c38-37(39,40)34-23-33(13-14-35(34)41-15-20-49-31-7-2-1-3-8-31)51(47,48)42-36(46)26-9-11-29(12-10-26)44-18-16-43(17-19-44)24-32-22-28(25-50-32)27-5-4-6-30(45)21-27/h1-14,21-23,25,41,45H,15-20,24H2,(H,42,46). The summed E-state index contributed by atoms with van der Waals surface area (Å²) in [5, 5.41) is 14.6. The number of benzene rings is 4. The zero-order valence-corrected chi connectivity index (χ0v) is 29.7. The predicted octanol–water partition coefficient (Wildman–Crippen LogP) is 7.78. The Bertz CT molecular complexity index is 2070. The molecular weight excluding hydrogens is 718 g/mol. The number of phenolic OH excluding ortho intramolecular Hbond substituents is 1. The maximum absolute atomic E-state index is 14.0. The van der Waals surface area contributed by atoms with Gasteiger partial charge in [-0.25, -0.2) is 13.1 Å². The number of piperazine rings is 1. The molecule has 1 fully saturated rings. The van der Waals surface area contributed by atoms with E-state index in [0.29, 0.717) is 11.8 Å². The van der Waals surface area contributed by atoms with Crippen molar-refractivity contribution < 1.29 is 31.5 Å². The summed E-state index contributed by atoms with van der Waals surface area (Å²) in [5.74, 6) is -0.218. The number of phenols is 1. The third kappa shape index (κ3) is 9.44. The van der Waals surface area contributed by atoms with E-state index < -0.39 is 32.6 Å². The fourth-order valence-electron chi connectivity index (χ4n) is 5.70. The van der Waals surface area contributed by atoms with Crippen molar-refractivity contribution in [1.29, 1.82) is 0 Å². The average molecular weight is 753 g/mol. The number of hydrogen-bond donors (Lipinski definition) is 3. The van der Waals surface area contributed by atoms with Gasteiger partial charge in [0.1, 0.15) is 5.75 Å². The van der Waals surface area contributed by atoms with E-state index in [4.69, 9.17) is 0 Å². The van der Waals surface area contributed by atoms with Crippen molar-refractivity contribution in [3.63, 3.8) is 0 Å². The molecule has 5 aromatic rings. The van der Waals surface area contributed by atoms with Gasteiger partial charge in [-0.1, -0.05) is 30.3 Å². The van der Waals surface area contributed by atoms with Crippen LogP contribution in [0, 0.1) is 0 Å². The Balaban J connectivity index is 1.02. The number of thiophene rings is 1. The lowest BCUT2D eigenvalue weighted by Crippen LogP contribution is -2.45. The molecule has 1 aliphatic heterocycles. The molecule has 3 N–H and O–H groups in total. The highest BCUT2D eigenvalue weighted by Gasteiger charge is 2.35. The lowest BCUT2D eigenvalue weighted by Gasteiger charge is -2.36. The van der Waals surface area contributed by atoms with Crippen molar-refractivity contribution in [1.82, 2.24) is 9.62 Å². The molecular formula is C37H35F3N4O4S3. The third-order valence-corrected chi connectivity index (χ3v) is 11.6. The quantitative estimate of drug-likeness (QED) is 0.0878. The molecule has 2 heterocycles. The molecule has 0 aliphatic carbocycles. The summed E-state index contributed by atoms with van der Waals surface area (Å²) in [6.07, 6.45) is -4.83. The van der Waals surface area contributed by atoms with Gasteiger partial charge in [0.15, 0.2) is 0 Å². The van der Waals surface area contributed by atoms with Gasteiger partial charge in [-0.3, -0.25) is 9.69 Å². The summed E-state index contributed by atoms with van der Waals surface area (Å²) in [5.41, 5.74) is 1.59. The number of amides is 1. The minimum absolute atomic E-state index is 0.0615. The first-order valence-corrected chi connectivity index (χ1v) is 19.4.